The summed E-state index contributed by atoms with van der Waals surface area (Å²) in [6, 6.07) is 7.88. The first-order valence-corrected chi connectivity index (χ1v) is 6.36. The topological polar surface area (TPSA) is 87.3 Å². The quantitative estimate of drug-likeness (QED) is 0.687. The van der Waals surface area contributed by atoms with Crippen molar-refractivity contribution >= 4 is 17.7 Å². The molecule has 0 fully saturated rings. The first-order valence-electron chi connectivity index (χ1n) is 6.36. The molecule has 0 aliphatic rings. The van der Waals surface area contributed by atoms with Crippen molar-refractivity contribution < 1.29 is 14.4 Å². The Morgan fingerprint density at radius 3 is 2.25 bits per heavy atom. The van der Waals surface area contributed by atoms with Gasteiger partial charge in [0.1, 0.15) is 6.04 Å². The van der Waals surface area contributed by atoms with Gasteiger partial charge in [-0.3, -0.25) is 14.4 Å². The van der Waals surface area contributed by atoms with Gasteiger partial charge < -0.3 is 16.0 Å². The van der Waals surface area contributed by atoms with Crippen LogP contribution < -0.4 is 16.0 Å². The molecular weight excluding hydrogens is 258 g/mol. The van der Waals surface area contributed by atoms with Gasteiger partial charge in [-0.2, -0.15) is 0 Å². The van der Waals surface area contributed by atoms with Gasteiger partial charge in [0.25, 0.3) is 5.91 Å². The van der Waals surface area contributed by atoms with Crippen molar-refractivity contribution in [2.75, 3.05) is 14.1 Å². The third-order valence-electron chi connectivity index (χ3n) is 2.84. The summed E-state index contributed by atoms with van der Waals surface area (Å²) in [6.45, 7) is 0. The Balaban J connectivity index is 2.67. The zero-order valence-electron chi connectivity index (χ0n) is 11.6. The van der Waals surface area contributed by atoms with Crippen LogP contribution in [0.15, 0.2) is 30.3 Å². The van der Waals surface area contributed by atoms with Gasteiger partial charge in [-0.25, -0.2) is 0 Å². The highest BCUT2D eigenvalue weighted by Gasteiger charge is 2.21. The molecule has 3 amide bonds. The second kappa shape index (κ2) is 7.93. The van der Waals surface area contributed by atoms with Crippen molar-refractivity contribution in [3.05, 3.63) is 35.9 Å². The molecule has 0 spiro atoms. The molecule has 0 unspecified atom stereocenters. The zero-order valence-corrected chi connectivity index (χ0v) is 11.6. The lowest BCUT2D eigenvalue weighted by Gasteiger charge is -2.17. The molecule has 0 aromatic heterocycles. The summed E-state index contributed by atoms with van der Waals surface area (Å²) in [7, 11) is 3.02. The van der Waals surface area contributed by atoms with Crippen LogP contribution in [0, 0.1) is 0 Å². The summed E-state index contributed by atoms with van der Waals surface area (Å²) in [5.41, 5.74) is 0.473. The average molecular weight is 277 g/mol. The molecule has 1 rings (SSSR count). The second-order valence-corrected chi connectivity index (χ2v) is 4.22. The van der Waals surface area contributed by atoms with E-state index in [0.29, 0.717) is 5.56 Å². The Labute approximate surface area is 117 Å². The molecule has 1 aromatic rings. The number of carbonyl (C=O) groups is 3. The van der Waals surface area contributed by atoms with E-state index >= 15 is 0 Å². The lowest BCUT2D eigenvalue weighted by molar-refractivity contribution is -0.123. The van der Waals surface area contributed by atoms with Crippen molar-refractivity contribution in [1.29, 1.82) is 0 Å². The van der Waals surface area contributed by atoms with Crippen LogP contribution in [-0.4, -0.2) is 37.9 Å². The third-order valence-corrected chi connectivity index (χ3v) is 2.84. The summed E-state index contributed by atoms with van der Waals surface area (Å²) >= 11 is 0. The largest absolute Gasteiger partial charge is 0.359 e. The molecule has 0 radical (unpaired) electrons. The van der Waals surface area contributed by atoms with Gasteiger partial charge in [0, 0.05) is 26.1 Å². The number of amides is 3. The van der Waals surface area contributed by atoms with Crippen LogP contribution in [0.25, 0.3) is 0 Å². The zero-order chi connectivity index (χ0) is 15.0. The van der Waals surface area contributed by atoms with Crippen LogP contribution in [0.1, 0.15) is 23.2 Å². The van der Waals surface area contributed by atoms with E-state index in [-0.39, 0.29) is 30.6 Å². The Morgan fingerprint density at radius 2 is 1.70 bits per heavy atom. The number of hydrogen-bond donors (Lipinski definition) is 3. The summed E-state index contributed by atoms with van der Waals surface area (Å²) in [4.78, 5) is 34.9. The van der Waals surface area contributed by atoms with Gasteiger partial charge in [-0.05, 0) is 18.6 Å². The number of hydrogen-bond acceptors (Lipinski definition) is 3. The predicted octanol–water partition coefficient (Wildman–Crippen LogP) is 0.0572. The third kappa shape index (κ3) is 4.72. The highest BCUT2D eigenvalue weighted by atomic mass is 16.2. The van der Waals surface area contributed by atoms with Crippen LogP contribution in [0.2, 0.25) is 0 Å². The first kappa shape index (κ1) is 15.7. The molecule has 0 aliphatic heterocycles. The lowest BCUT2D eigenvalue weighted by Crippen LogP contribution is -2.46. The van der Waals surface area contributed by atoms with E-state index in [9.17, 15) is 14.4 Å². The Bertz CT molecular complexity index is 474. The molecule has 20 heavy (non-hydrogen) atoms. The second-order valence-electron chi connectivity index (χ2n) is 4.22. The fourth-order valence-electron chi connectivity index (χ4n) is 1.67. The molecule has 6 heteroatoms. The van der Waals surface area contributed by atoms with E-state index in [1.165, 1.54) is 14.1 Å². The molecule has 0 bridgehead atoms. The first-order chi connectivity index (χ1) is 9.58. The van der Waals surface area contributed by atoms with E-state index in [1.807, 2.05) is 0 Å². The van der Waals surface area contributed by atoms with Crippen molar-refractivity contribution in [3.63, 3.8) is 0 Å². The molecular formula is C14H19N3O3. The minimum absolute atomic E-state index is 0.170. The van der Waals surface area contributed by atoms with Gasteiger partial charge in [-0.15, -0.1) is 0 Å². The molecule has 0 saturated carbocycles. The van der Waals surface area contributed by atoms with E-state index in [0.717, 1.165) is 0 Å². The summed E-state index contributed by atoms with van der Waals surface area (Å²) in [5, 5.41) is 7.59. The normalized spacial score (nSPS) is 11.3. The highest BCUT2D eigenvalue weighted by molar-refractivity contribution is 5.97. The van der Waals surface area contributed by atoms with Crippen LogP contribution in [0.3, 0.4) is 0 Å². The van der Waals surface area contributed by atoms with Gasteiger partial charge in [-0.1, -0.05) is 18.2 Å². The predicted molar refractivity (Wildman–Crippen MR) is 75.1 cm³/mol. The summed E-state index contributed by atoms with van der Waals surface area (Å²) in [5.74, 6) is -0.831. The molecule has 0 heterocycles. The standard InChI is InChI=1S/C14H19N3O3/c1-15-12(18)9-8-11(14(20)16-2)17-13(19)10-6-4-3-5-7-10/h3-7,11H,8-9H2,1-2H3,(H,15,18)(H,16,20)(H,17,19)/t11-/m0/s1. The fourth-order valence-corrected chi connectivity index (χ4v) is 1.67. The van der Waals surface area contributed by atoms with E-state index in [1.54, 1.807) is 30.3 Å². The summed E-state index contributed by atoms with van der Waals surface area (Å²) in [6.07, 6.45) is 0.418. The average Bonchev–Trinajstić information content (AvgIpc) is 2.50. The van der Waals surface area contributed by atoms with Crippen LogP contribution in [0.5, 0.6) is 0 Å². The van der Waals surface area contributed by atoms with Gasteiger partial charge in [0.15, 0.2) is 0 Å². The maximum Gasteiger partial charge on any atom is 0.251 e. The molecule has 1 atom stereocenters. The maximum absolute atomic E-state index is 12.0. The number of rotatable bonds is 6. The van der Waals surface area contributed by atoms with E-state index < -0.39 is 6.04 Å². The minimum Gasteiger partial charge on any atom is -0.359 e. The number of carbonyl (C=O) groups excluding carboxylic acids is 3. The number of nitrogens with one attached hydrogen (secondary N) is 3. The molecule has 0 saturated heterocycles. The van der Waals surface area contributed by atoms with Crippen molar-refractivity contribution in [3.8, 4) is 0 Å². The number of likely N-dealkylation sites (N-methyl/N-ethyl adjacent to an activating group) is 1. The fraction of sp³-hybridized carbons (Fsp3) is 0.357. The van der Waals surface area contributed by atoms with E-state index in [4.69, 9.17) is 0 Å². The molecule has 1 aromatic carbocycles. The van der Waals surface area contributed by atoms with Crippen LogP contribution in [0.4, 0.5) is 0 Å². The minimum atomic E-state index is -0.731. The highest BCUT2D eigenvalue weighted by Crippen LogP contribution is 2.03. The Kier molecular flexibility index (Phi) is 6.22. The van der Waals surface area contributed by atoms with Crippen molar-refractivity contribution in [1.82, 2.24) is 16.0 Å². The lowest BCUT2D eigenvalue weighted by atomic mass is 10.1. The molecule has 6 nitrogen and oxygen atoms in total. The monoisotopic (exact) mass is 277 g/mol. The van der Waals surface area contributed by atoms with Crippen LogP contribution in [-0.2, 0) is 9.59 Å². The van der Waals surface area contributed by atoms with Crippen molar-refractivity contribution in [2.24, 2.45) is 0 Å². The van der Waals surface area contributed by atoms with E-state index in [2.05, 4.69) is 16.0 Å². The molecule has 108 valence electrons. The maximum atomic E-state index is 12.0. The summed E-state index contributed by atoms with van der Waals surface area (Å²) < 4.78 is 0. The smallest absolute Gasteiger partial charge is 0.251 e. The van der Waals surface area contributed by atoms with Crippen molar-refractivity contribution in [2.45, 2.75) is 18.9 Å². The Morgan fingerprint density at radius 1 is 1.05 bits per heavy atom. The van der Waals surface area contributed by atoms with Gasteiger partial charge in [0.2, 0.25) is 11.8 Å². The van der Waals surface area contributed by atoms with Crippen LogP contribution >= 0.6 is 0 Å². The molecule has 0 aliphatic carbocycles. The van der Waals surface area contributed by atoms with Gasteiger partial charge >= 0.3 is 0 Å². The molecule has 3 N–H and O–H groups in total. The SMILES string of the molecule is CNC(=O)CC[C@H](NC(=O)c1ccccc1)C(=O)NC. The Hall–Kier alpha value is -2.37. The van der Waals surface area contributed by atoms with Gasteiger partial charge in [0.05, 0.1) is 0 Å². The number of benzene rings is 1.